The molecule has 1 aromatic heterocycles. The molecule has 2 bridgehead atoms. The maximum absolute atomic E-state index is 12.6. The molecule has 2 N–H and O–H groups in total. The Labute approximate surface area is 129 Å². The highest BCUT2D eigenvalue weighted by atomic mass is 32.2. The minimum Gasteiger partial charge on any atom is -0.373 e. The van der Waals surface area contributed by atoms with Crippen LogP contribution >= 0.6 is 11.3 Å². The zero-order valence-corrected chi connectivity index (χ0v) is 13.4. The number of thiophene rings is 1. The highest BCUT2D eigenvalue weighted by Gasteiger charge is 2.42. The van der Waals surface area contributed by atoms with Crippen LogP contribution in [0.15, 0.2) is 16.3 Å². The standard InChI is InChI=1S/C14H20N2O3S2/c17-21(18,16-11-7-10-3-4-12(11)19-10)14-5-6-20-13(14)8-15-9-1-2-9/h5-6,9-12,15-16H,1-4,7-8H2. The van der Waals surface area contributed by atoms with Crippen LogP contribution in [0, 0.1) is 0 Å². The van der Waals surface area contributed by atoms with E-state index in [1.165, 1.54) is 24.2 Å². The van der Waals surface area contributed by atoms with E-state index in [-0.39, 0.29) is 18.2 Å². The van der Waals surface area contributed by atoms with Gasteiger partial charge < -0.3 is 10.1 Å². The van der Waals surface area contributed by atoms with Crippen molar-refractivity contribution in [2.75, 3.05) is 0 Å². The van der Waals surface area contributed by atoms with E-state index in [4.69, 9.17) is 4.74 Å². The minimum absolute atomic E-state index is 0.0575. The zero-order chi connectivity index (χ0) is 14.4. The Morgan fingerprint density at radius 2 is 2.14 bits per heavy atom. The van der Waals surface area contributed by atoms with Crippen molar-refractivity contribution in [3.63, 3.8) is 0 Å². The minimum atomic E-state index is -3.44. The molecule has 21 heavy (non-hydrogen) atoms. The largest absolute Gasteiger partial charge is 0.373 e. The van der Waals surface area contributed by atoms with Crippen molar-refractivity contribution in [3.05, 3.63) is 16.3 Å². The molecule has 0 amide bonds. The number of hydrogen-bond donors (Lipinski definition) is 2. The molecule has 116 valence electrons. The van der Waals surface area contributed by atoms with Gasteiger partial charge in [0.1, 0.15) is 0 Å². The van der Waals surface area contributed by atoms with E-state index < -0.39 is 10.0 Å². The predicted molar refractivity (Wildman–Crippen MR) is 80.8 cm³/mol. The van der Waals surface area contributed by atoms with E-state index in [9.17, 15) is 8.42 Å². The molecule has 7 heteroatoms. The van der Waals surface area contributed by atoms with E-state index in [1.54, 1.807) is 6.07 Å². The summed E-state index contributed by atoms with van der Waals surface area (Å²) in [6.07, 6.45) is 5.57. The first-order valence-electron chi connectivity index (χ1n) is 7.59. The molecule has 1 aromatic rings. The molecule has 2 aliphatic heterocycles. The topological polar surface area (TPSA) is 67.4 Å². The molecule has 2 saturated heterocycles. The van der Waals surface area contributed by atoms with E-state index in [0.717, 1.165) is 24.1 Å². The van der Waals surface area contributed by atoms with Crippen LogP contribution in [0.4, 0.5) is 0 Å². The summed E-state index contributed by atoms with van der Waals surface area (Å²) in [6.45, 7) is 0.645. The predicted octanol–water partition coefficient (Wildman–Crippen LogP) is 1.60. The van der Waals surface area contributed by atoms with Crippen LogP contribution in [0.3, 0.4) is 0 Å². The van der Waals surface area contributed by atoms with Crippen LogP contribution in [0.25, 0.3) is 0 Å². The Morgan fingerprint density at radius 3 is 2.81 bits per heavy atom. The van der Waals surface area contributed by atoms with Crippen LogP contribution in [0.5, 0.6) is 0 Å². The quantitative estimate of drug-likeness (QED) is 0.832. The first kappa shape index (κ1) is 14.1. The van der Waals surface area contributed by atoms with Gasteiger partial charge in [-0.25, -0.2) is 13.1 Å². The average molecular weight is 328 g/mol. The summed E-state index contributed by atoms with van der Waals surface area (Å²) in [7, 11) is -3.44. The molecule has 0 radical (unpaired) electrons. The molecule has 3 unspecified atom stereocenters. The third-order valence-electron chi connectivity index (χ3n) is 4.54. The Hall–Kier alpha value is -0.470. The van der Waals surface area contributed by atoms with Gasteiger partial charge in [-0.1, -0.05) is 0 Å². The average Bonchev–Trinajstić information content (AvgIpc) is 2.88. The van der Waals surface area contributed by atoms with Gasteiger partial charge in [0.15, 0.2) is 0 Å². The zero-order valence-electron chi connectivity index (χ0n) is 11.7. The summed E-state index contributed by atoms with van der Waals surface area (Å²) in [5, 5.41) is 5.24. The molecule has 3 fully saturated rings. The van der Waals surface area contributed by atoms with E-state index in [1.807, 2.05) is 5.38 Å². The number of hydrogen-bond acceptors (Lipinski definition) is 5. The van der Waals surface area contributed by atoms with Gasteiger partial charge in [0, 0.05) is 17.5 Å². The molecule has 5 nitrogen and oxygen atoms in total. The van der Waals surface area contributed by atoms with E-state index in [0.29, 0.717) is 17.5 Å². The van der Waals surface area contributed by atoms with Crippen LogP contribution in [0.2, 0.25) is 0 Å². The lowest BCUT2D eigenvalue weighted by atomic mass is 9.96. The van der Waals surface area contributed by atoms with Crippen LogP contribution in [-0.2, 0) is 21.3 Å². The van der Waals surface area contributed by atoms with Crippen LogP contribution in [-0.4, -0.2) is 32.7 Å². The highest BCUT2D eigenvalue weighted by Crippen LogP contribution is 2.35. The number of sulfonamides is 1. The van der Waals surface area contributed by atoms with Crippen LogP contribution < -0.4 is 10.0 Å². The summed E-state index contributed by atoms with van der Waals surface area (Å²) in [5.74, 6) is 0. The van der Waals surface area contributed by atoms with Gasteiger partial charge in [-0.15, -0.1) is 11.3 Å². The van der Waals surface area contributed by atoms with Crippen molar-refractivity contribution >= 4 is 21.4 Å². The maximum Gasteiger partial charge on any atom is 0.242 e. The smallest absolute Gasteiger partial charge is 0.242 e. The summed E-state index contributed by atoms with van der Waals surface area (Å²) < 4.78 is 33.8. The second-order valence-corrected chi connectivity index (χ2v) is 8.88. The summed E-state index contributed by atoms with van der Waals surface area (Å²) in [6, 6.07) is 2.23. The fourth-order valence-corrected chi connectivity index (χ4v) is 5.92. The van der Waals surface area contributed by atoms with Gasteiger partial charge in [-0.2, -0.15) is 0 Å². The van der Waals surface area contributed by atoms with Crippen molar-refractivity contribution < 1.29 is 13.2 Å². The van der Waals surface area contributed by atoms with Gasteiger partial charge in [0.2, 0.25) is 10.0 Å². The van der Waals surface area contributed by atoms with Crippen molar-refractivity contribution in [3.8, 4) is 0 Å². The van der Waals surface area contributed by atoms with Crippen molar-refractivity contribution in [1.82, 2.24) is 10.0 Å². The second kappa shape index (κ2) is 5.31. The monoisotopic (exact) mass is 328 g/mol. The molecule has 0 aromatic carbocycles. The number of ether oxygens (including phenoxy) is 1. The number of rotatable bonds is 6. The Bertz CT molecular complexity index is 624. The highest BCUT2D eigenvalue weighted by molar-refractivity contribution is 7.89. The molecule has 1 saturated carbocycles. The molecular weight excluding hydrogens is 308 g/mol. The van der Waals surface area contributed by atoms with Gasteiger partial charge in [0.05, 0.1) is 23.1 Å². The van der Waals surface area contributed by atoms with Gasteiger partial charge in [-0.05, 0) is 43.6 Å². The lowest BCUT2D eigenvalue weighted by molar-refractivity contribution is 0.0996. The SMILES string of the molecule is O=S(=O)(NC1CC2CCC1O2)c1ccsc1CNC1CC1. The lowest BCUT2D eigenvalue weighted by Crippen LogP contribution is -2.41. The third-order valence-corrected chi connectivity index (χ3v) is 7.16. The van der Waals surface area contributed by atoms with Crippen molar-refractivity contribution in [2.45, 2.75) is 67.8 Å². The molecular formula is C14H20N2O3S2. The van der Waals surface area contributed by atoms with Crippen molar-refractivity contribution in [2.24, 2.45) is 0 Å². The van der Waals surface area contributed by atoms with E-state index in [2.05, 4.69) is 10.0 Å². The molecule has 0 spiro atoms. The maximum atomic E-state index is 12.6. The number of nitrogens with one attached hydrogen (secondary N) is 2. The molecule has 4 rings (SSSR count). The molecule has 3 heterocycles. The fraction of sp³-hybridized carbons (Fsp3) is 0.714. The Morgan fingerprint density at radius 1 is 1.29 bits per heavy atom. The van der Waals surface area contributed by atoms with E-state index >= 15 is 0 Å². The normalized spacial score (nSPS) is 31.9. The fourth-order valence-electron chi connectivity index (χ4n) is 3.25. The van der Waals surface area contributed by atoms with Gasteiger partial charge in [0.25, 0.3) is 0 Å². The van der Waals surface area contributed by atoms with Crippen molar-refractivity contribution in [1.29, 1.82) is 0 Å². The second-order valence-electron chi connectivity index (χ2n) is 6.20. The summed E-state index contributed by atoms with van der Waals surface area (Å²) in [5.41, 5.74) is 0. The van der Waals surface area contributed by atoms with Gasteiger partial charge >= 0.3 is 0 Å². The number of fused-ring (bicyclic) bond motifs is 2. The van der Waals surface area contributed by atoms with Crippen LogP contribution in [0.1, 0.15) is 37.0 Å². The molecule has 3 atom stereocenters. The first-order chi connectivity index (χ1) is 10.1. The third kappa shape index (κ3) is 2.90. The summed E-state index contributed by atoms with van der Waals surface area (Å²) >= 11 is 1.51. The lowest BCUT2D eigenvalue weighted by Gasteiger charge is -2.20. The Kier molecular flexibility index (Phi) is 3.58. The summed E-state index contributed by atoms with van der Waals surface area (Å²) in [4.78, 5) is 1.34. The van der Waals surface area contributed by atoms with Gasteiger partial charge in [-0.3, -0.25) is 0 Å². The Balaban J connectivity index is 1.47. The molecule has 1 aliphatic carbocycles. The molecule has 3 aliphatic rings. The first-order valence-corrected chi connectivity index (χ1v) is 9.95.